The Morgan fingerprint density at radius 1 is 1.26 bits per heavy atom. The molecule has 0 bridgehead atoms. The molecule has 0 aliphatic carbocycles. The van der Waals surface area contributed by atoms with Crippen molar-refractivity contribution in [2.45, 2.75) is 39.8 Å². The van der Waals surface area contributed by atoms with Crippen LogP contribution >= 0.6 is 0 Å². The lowest BCUT2D eigenvalue weighted by Crippen LogP contribution is -2.42. The third-order valence-electron chi connectivity index (χ3n) is 4.70. The highest BCUT2D eigenvalue weighted by Gasteiger charge is 2.24. The molecule has 5 heteroatoms. The summed E-state index contributed by atoms with van der Waals surface area (Å²) in [7, 11) is 1.89. The molecule has 1 unspecified atom stereocenters. The number of hydrogen-bond acceptors (Lipinski definition) is 3. The fraction of sp³-hybridized carbons (Fsp3) is 0.500. The van der Waals surface area contributed by atoms with Gasteiger partial charge in [0.25, 0.3) is 5.56 Å². The number of rotatable bonds is 6. The Hall–Kier alpha value is -1.85. The first kappa shape index (κ1) is 17.5. The zero-order valence-electron chi connectivity index (χ0n) is 14.6. The molecule has 1 atom stereocenters. The van der Waals surface area contributed by atoms with Gasteiger partial charge in [-0.05, 0) is 31.9 Å². The summed E-state index contributed by atoms with van der Waals surface area (Å²) >= 11 is 0. The fourth-order valence-electron chi connectivity index (χ4n) is 2.47. The largest absolute Gasteiger partial charge is 0.389 e. The smallest absolute Gasteiger partial charge is 0.276 e. The molecule has 1 aromatic heterocycles. The molecular formula is C18H27N3O2. The van der Waals surface area contributed by atoms with Crippen molar-refractivity contribution < 1.29 is 5.11 Å². The molecule has 0 radical (unpaired) electrons. The number of aromatic nitrogens is 2. The van der Waals surface area contributed by atoms with E-state index in [0.29, 0.717) is 13.1 Å². The lowest BCUT2D eigenvalue weighted by atomic mass is 9.92. The molecule has 23 heavy (non-hydrogen) atoms. The zero-order chi connectivity index (χ0) is 17.2. The predicted molar refractivity (Wildman–Crippen MR) is 92.9 cm³/mol. The maximum atomic E-state index is 12.7. The van der Waals surface area contributed by atoms with Crippen LogP contribution in [0.4, 0.5) is 0 Å². The van der Waals surface area contributed by atoms with E-state index >= 15 is 0 Å². The van der Waals surface area contributed by atoms with Gasteiger partial charge in [-0.25, -0.2) is 4.68 Å². The summed E-state index contributed by atoms with van der Waals surface area (Å²) in [5.74, 6) is 0.146. The monoisotopic (exact) mass is 317 g/mol. The average molecular weight is 317 g/mol. The van der Waals surface area contributed by atoms with E-state index in [4.69, 9.17) is 0 Å². The Morgan fingerprint density at radius 3 is 2.43 bits per heavy atom. The van der Waals surface area contributed by atoms with E-state index in [-0.39, 0.29) is 11.5 Å². The van der Waals surface area contributed by atoms with Crippen LogP contribution in [0.15, 0.2) is 35.1 Å². The van der Waals surface area contributed by atoms with Crippen molar-refractivity contribution in [2.75, 3.05) is 6.54 Å². The molecule has 5 nitrogen and oxygen atoms in total. The Kier molecular flexibility index (Phi) is 5.12. The highest BCUT2D eigenvalue weighted by molar-refractivity contribution is 5.33. The van der Waals surface area contributed by atoms with Crippen molar-refractivity contribution in [3.8, 4) is 5.69 Å². The van der Waals surface area contributed by atoms with E-state index < -0.39 is 5.60 Å². The number of aliphatic hydroxyl groups is 1. The van der Waals surface area contributed by atoms with E-state index in [2.05, 4.69) is 5.32 Å². The third kappa shape index (κ3) is 3.57. The van der Waals surface area contributed by atoms with Gasteiger partial charge in [0.15, 0.2) is 0 Å². The minimum atomic E-state index is -0.791. The maximum Gasteiger partial charge on any atom is 0.276 e. The second-order valence-electron chi connectivity index (χ2n) is 6.66. The Bertz CT molecular complexity index is 712. The molecule has 0 aliphatic rings. The summed E-state index contributed by atoms with van der Waals surface area (Å²) in [4.78, 5) is 12.7. The maximum absolute atomic E-state index is 12.7. The van der Waals surface area contributed by atoms with Gasteiger partial charge in [-0.3, -0.25) is 9.48 Å². The van der Waals surface area contributed by atoms with Crippen LogP contribution in [0.1, 0.15) is 32.0 Å². The Balaban J connectivity index is 2.23. The van der Waals surface area contributed by atoms with Crippen molar-refractivity contribution in [2.24, 2.45) is 13.0 Å². The standard InChI is InChI=1S/C18H27N3O2/c1-13(2)18(4,23)12-19-11-16-14(3)20(5)21(17(16)22)15-9-7-6-8-10-15/h6-10,13,19,23H,11-12H2,1-5H3. The molecule has 0 fully saturated rings. The molecule has 1 heterocycles. The molecule has 0 amide bonds. The summed E-state index contributed by atoms with van der Waals surface area (Å²) < 4.78 is 3.54. The quantitative estimate of drug-likeness (QED) is 0.856. The lowest BCUT2D eigenvalue weighted by Gasteiger charge is -2.27. The molecule has 1 aromatic carbocycles. The molecule has 2 aromatic rings. The van der Waals surface area contributed by atoms with Gasteiger partial charge in [0.2, 0.25) is 0 Å². The minimum Gasteiger partial charge on any atom is -0.389 e. The average Bonchev–Trinajstić information content (AvgIpc) is 2.71. The number of benzene rings is 1. The van der Waals surface area contributed by atoms with Crippen molar-refractivity contribution in [3.63, 3.8) is 0 Å². The van der Waals surface area contributed by atoms with Gasteiger partial charge < -0.3 is 10.4 Å². The number of hydrogen-bond donors (Lipinski definition) is 2. The van der Waals surface area contributed by atoms with E-state index in [1.165, 1.54) is 0 Å². The van der Waals surface area contributed by atoms with Gasteiger partial charge in [0.1, 0.15) is 0 Å². The van der Waals surface area contributed by atoms with E-state index in [0.717, 1.165) is 16.9 Å². The summed E-state index contributed by atoms with van der Waals surface area (Å²) in [6.45, 7) is 8.61. The molecule has 2 rings (SSSR count). The second kappa shape index (κ2) is 6.72. The molecule has 0 spiro atoms. The number of para-hydroxylation sites is 1. The molecule has 0 aliphatic heterocycles. The first-order chi connectivity index (χ1) is 10.8. The van der Waals surface area contributed by atoms with Crippen LogP contribution in [0.3, 0.4) is 0 Å². The predicted octanol–water partition coefficient (Wildman–Crippen LogP) is 1.98. The number of nitrogens with zero attached hydrogens (tertiary/aromatic N) is 2. The van der Waals surface area contributed by atoms with Crippen LogP contribution in [-0.2, 0) is 13.6 Å². The van der Waals surface area contributed by atoms with Crippen molar-refractivity contribution in [3.05, 3.63) is 51.9 Å². The lowest BCUT2D eigenvalue weighted by molar-refractivity contribution is 0.0139. The summed E-state index contributed by atoms with van der Waals surface area (Å²) in [6.07, 6.45) is 0. The summed E-state index contributed by atoms with van der Waals surface area (Å²) in [5, 5.41) is 13.5. The highest BCUT2D eigenvalue weighted by atomic mass is 16.3. The van der Waals surface area contributed by atoms with E-state index in [1.54, 1.807) is 4.68 Å². The first-order valence-corrected chi connectivity index (χ1v) is 8.01. The van der Waals surface area contributed by atoms with Crippen LogP contribution < -0.4 is 10.9 Å². The third-order valence-corrected chi connectivity index (χ3v) is 4.70. The fourth-order valence-corrected chi connectivity index (χ4v) is 2.47. The van der Waals surface area contributed by atoms with Crippen LogP contribution in [0, 0.1) is 12.8 Å². The van der Waals surface area contributed by atoms with Crippen LogP contribution in [0.2, 0.25) is 0 Å². The zero-order valence-corrected chi connectivity index (χ0v) is 14.6. The normalized spacial score (nSPS) is 14.2. The van der Waals surface area contributed by atoms with Gasteiger partial charge >= 0.3 is 0 Å². The molecule has 0 saturated heterocycles. The Morgan fingerprint density at radius 2 is 1.87 bits per heavy atom. The van der Waals surface area contributed by atoms with Gasteiger partial charge in [-0.15, -0.1) is 0 Å². The van der Waals surface area contributed by atoms with Gasteiger partial charge in [-0.1, -0.05) is 32.0 Å². The SMILES string of the molecule is Cc1c(CNCC(C)(O)C(C)C)c(=O)n(-c2ccccc2)n1C. The number of nitrogens with one attached hydrogen (secondary N) is 1. The van der Waals surface area contributed by atoms with Crippen molar-refractivity contribution >= 4 is 0 Å². The first-order valence-electron chi connectivity index (χ1n) is 8.01. The van der Waals surface area contributed by atoms with Crippen LogP contribution in [0.5, 0.6) is 0 Å². The van der Waals surface area contributed by atoms with Gasteiger partial charge in [0.05, 0.1) is 16.9 Å². The Labute approximate surface area is 137 Å². The highest BCUT2D eigenvalue weighted by Crippen LogP contribution is 2.15. The minimum absolute atomic E-state index is 0.0205. The molecule has 2 N–H and O–H groups in total. The second-order valence-corrected chi connectivity index (χ2v) is 6.66. The van der Waals surface area contributed by atoms with Crippen molar-refractivity contribution in [1.29, 1.82) is 0 Å². The summed E-state index contributed by atoms with van der Waals surface area (Å²) in [5.41, 5.74) is 1.70. The topological polar surface area (TPSA) is 59.2 Å². The van der Waals surface area contributed by atoms with Crippen molar-refractivity contribution in [1.82, 2.24) is 14.7 Å². The van der Waals surface area contributed by atoms with Gasteiger partial charge in [0, 0.05) is 25.8 Å². The van der Waals surface area contributed by atoms with E-state index in [9.17, 15) is 9.90 Å². The molecule has 126 valence electrons. The molecular weight excluding hydrogens is 290 g/mol. The van der Waals surface area contributed by atoms with E-state index in [1.807, 2.05) is 69.8 Å². The summed E-state index contributed by atoms with van der Waals surface area (Å²) in [6, 6.07) is 9.60. The van der Waals surface area contributed by atoms with Gasteiger partial charge in [-0.2, -0.15) is 0 Å². The van der Waals surface area contributed by atoms with Crippen LogP contribution in [-0.4, -0.2) is 26.6 Å². The molecule has 0 saturated carbocycles. The van der Waals surface area contributed by atoms with Crippen LogP contribution in [0.25, 0.3) is 5.69 Å².